The summed E-state index contributed by atoms with van der Waals surface area (Å²) in [7, 11) is 1.54. The summed E-state index contributed by atoms with van der Waals surface area (Å²) < 4.78 is 12.2. The number of pyridine rings is 3. The molecule has 0 aliphatic rings. The summed E-state index contributed by atoms with van der Waals surface area (Å²) >= 11 is 0. The lowest BCUT2D eigenvalue weighted by atomic mass is 10.1. The van der Waals surface area contributed by atoms with Crippen LogP contribution < -0.4 is 10.1 Å². The zero-order chi connectivity index (χ0) is 21.9. The average molecular weight is 426 g/mol. The van der Waals surface area contributed by atoms with Crippen LogP contribution in [-0.2, 0) is 6.54 Å². The molecule has 1 amide bonds. The SMILES string of the molecule is COc1ccc(NC(=O)c2cc(-c3cccnc3)nc3c2cnn3Cc2ccco2)cn1. The Morgan fingerprint density at radius 3 is 2.81 bits per heavy atom. The summed E-state index contributed by atoms with van der Waals surface area (Å²) in [6, 6.07) is 12.5. The van der Waals surface area contributed by atoms with Crippen molar-refractivity contribution in [1.82, 2.24) is 24.7 Å². The van der Waals surface area contributed by atoms with Crippen LogP contribution in [0.2, 0.25) is 0 Å². The van der Waals surface area contributed by atoms with Crippen LogP contribution in [0.15, 0.2) is 77.9 Å². The van der Waals surface area contributed by atoms with E-state index in [1.807, 2.05) is 24.3 Å². The highest BCUT2D eigenvalue weighted by molar-refractivity contribution is 6.12. The first-order chi connectivity index (χ1) is 15.7. The average Bonchev–Trinajstić information content (AvgIpc) is 3.50. The van der Waals surface area contributed by atoms with E-state index in [2.05, 4.69) is 20.4 Å². The van der Waals surface area contributed by atoms with Crippen molar-refractivity contribution in [3.8, 4) is 17.1 Å². The molecule has 0 atom stereocenters. The molecule has 5 heterocycles. The van der Waals surface area contributed by atoms with Crippen LogP contribution in [0.1, 0.15) is 16.1 Å². The number of hydrogen-bond acceptors (Lipinski definition) is 7. The molecule has 0 radical (unpaired) electrons. The van der Waals surface area contributed by atoms with E-state index in [9.17, 15) is 4.79 Å². The van der Waals surface area contributed by atoms with Gasteiger partial charge in [-0.05, 0) is 36.4 Å². The van der Waals surface area contributed by atoms with Crippen molar-refractivity contribution < 1.29 is 13.9 Å². The molecule has 9 nitrogen and oxygen atoms in total. The maximum Gasteiger partial charge on any atom is 0.256 e. The standard InChI is InChI=1S/C23H18N6O3/c1-31-21-7-6-16(12-25-21)27-23(30)18-10-20(15-4-2-8-24-11-15)28-22-19(18)13-26-29(22)14-17-5-3-9-32-17/h2-13H,14H2,1H3,(H,27,30). The fourth-order valence-corrected chi connectivity index (χ4v) is 3.34. The zero-order valence-corrected chi connectivity index (χ0v) is 17.1. The van der Waals surface area contributed by atoms with Gasteiger partial charge in [-0.1, -0.05) is 0 Å². The lowest BCUT2D eigenvalue weighted by Crippen LogP contribution is -2.13. The smallest absolute Gasteiger partial charge is 0.256 e. The second kappa shape index (κ2) is 8.31. The molecular weight excluding hydrogens is 408 g/mol. The highest BCUT2D eigenvalue weighted by atomic mass is 16.5. The third kappa shape index (κ3) is 3.79. The van der Waals surface area contributed by atoms with E-state index >= 15 is 0 Å². The number of amides is 1. The fourth-order valence-electron chi connectivity index (χ4n) is 3.34. The third-order valence-corrected chi connectivity index (χ3v) is 4.90. The number of fused-ring (bicyclic) bond motifs is 1. The Kier molecular flexibility index (Phi) is 5.04. The van der Waals surface area contributed by atoms with Gasteiger partial charge in [0.25, 0.3) is 5.91 Å². The van der Waals surface area contributed by atoms with Crippen LogP contribution in [0.3, 0.4) is 0 Å². The monoisotopic (exact) mass is 426 g/mol. The van der Waals surface area contributed by atoms with Gasteiger partial charge in [0.05, 0.1) is 48.1 Å². The van der Waals surface area contributed by atoms with E-state index in [0.29, 0.717) is 40.4 Å². The van der Waals surface area contributed by atoms with Crippen molar-refractivity contribution in [2.75, 3.05) is 12.4 Å². The van der Waals surface area contributed by atoms with Crippen LogP contribution in [0, 0.1) is 0 Å². The summed E-state index contributed by atoms with van der Waals surface area (Å²) in [5.41, 5.74) is 2.97. The molecule has 0 spiro atoms. The van der Waals surface area contributed by atoms with Crippen LogP contribution in [0.5, 0.6) is 5.88 Å². The summed E-state index contributed by atoms with van der Waals surface area (Å²) in [6.45, 7) is 0.392. The van der Waals surface area contributed by atoms with Crippen LogP contribution >= 0.6 is 0 Å². The Balaban J connectivity index is 1.58. The number of furan rings is 1. The maximum absolute atomic E-state index is 13.2. The molecule has 0 aliphatic carbocycles. The molecule has 1 N–H and O–H groups in total. The van der Waals surface area contributed by atoms with Gasteiger partial charge >= 0.3 is 0 Å². The van der Waals surface area contributed by atoms with Crippen molar-refractivity contribution in [3.63, 3.8) is 0 Å². The summed E-state index contributed by atoms with van der Waals surface area (Å²) in [6.07, 6.45) is 8.18. The number of anilines is 1. The van der Waals surface area contributed by atoms with Crippen LogP contribution in [0.4, 0.5) is 5.69 Å². The van der Waals surface area contributed by atoms with Gasteiger partial charge in [-0.15, -0.1) is 0 Å². The van der Waals surface area contributed by atoms with Crippen molar-refractivity contribution in [1.29, 1.82) is 0 Å². The number of nitrogens with one attached hydrogen (secondary N) is 1. The van der Waals surface area contributed by atoms with E-state index in [0.717, 1.165) is 11.3 Å². The molecule has 0 aliphatic heterocycles. The number of nitrogens with zero attached hydrogens (tertiary/aromatic N) is 5. The summed E-state index contributed by atoms with van der Waals surface area (Å²) in [4.78, 5) is 26.3. The third-order valence-electron chi connectivity index (χ3n) is 4.90. The fraction of sp³-hybridized carbons (Fsp3) is 0.0870. The van der Waals surface area contributed by atoms with Gasteiger partial charge in [-0.3, -0.25) is 9.78 Å². The molecule has 5 aromatic rings. The van der Waals surface area contributed by atoms with Gasteiger partial charge in [0.1, 0.15) is 12.3 Å². The van der Waals surface area contributed by atoms with Gasteiger partial charge in [-0.25, -0.2) is 14.6 Å². The first-order valence-electron chi connectivity index (χ1n) is 9.82. The molecular formula is C23H18N6O3. The highest BCUT2D eigenvalue weighted by Gasteiger charge is 2.18. The predicted molar refractivity (Wildman–Crippen MR) is 117 cm³/mol. The lowest BCUT2D eigenvalue weighted by molar-refractivity contribution is 0.102. The van der Waals surface area contributed by atoms with E-state index in [1.54, 1.807) is 47.7 Å². The number of rotatable bonds is 6. The zero-order valence-electron chi connectivity index (χ0n) is 17.1. The van der Waals surface area contributed by atoms with E-state index in [4.69, 9.17) is 14.1 Å². The number of aromatic nitrogens is 5. The molecule has 158 valence electrons. The first kappa shape index (κ1) is 19.4. The number of carbonyl (C=O) groups is 1. The minimum atomic E-state index is -0.299. The summed E-state index contributed by atoms with van der Waals surface area (Å²) in [5.74, 6) is 0.901. The van der Waals surface area contributed by atoms with Crippen molar-refractivity contribution in [3.05, 3.63) is 84.8 Å². The molecule has 5 aromatic heterocycles. The highest BCUT2D eigenvalue weighted by Crippen LogP contribution is 2.26. The topological polar surface area (TPSA) is 108 Å². The van der Waals surface area contributed by atoms with Gasteiger partial charge in [0.15, 0.2) is 5.65 Å². The van der Waals surface area contributed by atoms with Crippen LogP contribution in [0.25, 0.3) is 22.3 Å². The molecule has 0 saturated carbocycles. The molecule has 5 rings (SSSR count). The molecule has 0 aromatic carbocycles. The number of hydrogen-bond donors (Lipinski definition) is 1. The second-order valence-electron chi connectivity index (χ2n) is 6.96. The summed E-state index contributed by atoms with van der Waals surface area (Å²) in [5, 5.41) is 7.95. The van der Waals surface area contributed by atoms with Gasteiger partial charge in [0.2, 0.25) is 5.88 Å². The normalized spacial score (nSPS) is 10.9. The Morgan fingerprint density at radius 2 is 2.09 bits per heavy atom. The molecule has 0 unspecified atom stereocenters. The van der Waals surface area contributed by atoms with E-state index in [1.165, 1.54) is 13.3 Å². The molecule has 0 fully saturated rings. The molecule has 32 heavy (non-hydrogen) atoms. The van der Waals surface area contributed by atoms with Crippen molar-refractivity contribution in [2.24, 2.45) is 0 Å². The number of ether oxygens (including phenoxy) is 1. The number of carbonyl (C=O) groups excluding carboxylic acids is 1. The molecule has 0 saturated heterocycles. The van der Waals surface area contributed by atoms with Crippen molar-refractivity contribution >= 4 is 22.6 Å². The Bertz CT molecular complexity index is 1360. The van der Waals surface area contributed by atoms with Gasteiger partial charge in [-0.2, -0.15) is 5.10 Å². The Morgan fingerprint density at radius 1 is 1.16 bits per heavy atom. The quantitative estimate of drug-likeness (QED) is 0.440. The van der Waals surface area contributed by atoms with E-state index < -0.39 is 0 Å². The minimum absolute atomic E-state index is 0.299. The number of methoxy groups -OCH3 is 1. The predicted octanol–water partition coefficient (Wildman–Crippen LogP) is 3.79. The minimum Gasteiger partial charge on any atom is -0.481 e. The maximum atomic E-state index is 13.2. The molecule has 9 heteroatoms. The van der Waals surface area contributed by atoms with E-state index in [-0.39, 0.29) is 5.91 Å². The van der Waals surface area contributed by atoms with Crippen LogP contribution in [-0.4, -0.2) is 37.7 Å². The lowest BCUT2D eigenvalue weighted by Gasteiger charge is -2.10. The largest absolute Gasteiger partial charge is 0.481 e. The Labute approximate surface area is 182 Å². The Hall–Kier alpha value is -4.53. The molecule has 0 bridgehead atoms. The van der Waals surface area contributed by atoms with Gasteiger partial charge in [0, 0.05) is 24.0 Å². The van der Waals surface area contributed by atoms with Gasteiger partial charge < -0.3 is 14.5 Å². The second-order valence-corrected chi connectivity index (χ2v) is 6.96. The first-order valence-corrected chi connectivity index (χ1v) is 9.82. The van der Waals surface area contributed by atoms with Crippen molar-refractivity contribution in [2.45, 2.75) is 6.54 Å².